The minimum absolute atomic E-state index is 0.0177. The maximum absolute atomic E-state index is 12.8. The highest BCUT2D eigenvalue weighted by molar-refractivity contribution is 6.42. The van der Waals surface area contributed by atoms with Crippen molar-refractivity contribution >= 4 is 52.4 Å². The van der Waals surface area contributed by atoms with Crippen LogP contribution in [-0.4, -0.2) is 35.0 Å². The SMILES string of the molecule is CC1(C)Oc2cc(C(=O)O)ccc2N(CC(=O)Nc2ccc(Cl)c(Cl)c2)C1=O. The van der Waals surface area contributed by atoms with Gasteiger partial charge < -0.3 is 15.2 Å². The van der Waals surface area contributed by atoms with Gasteiger partial charge in [-0.3, -0.25) is 14.5 Å². The first-order valence-electron chi connectivity index (χ1n) is 8.22. The molecule has 2 aromatic rings. The lowest BCUT2D eigenvalue weighted by Crippen LogP contribution is -2.54. The number of anilines is 2. The number of carboxylic acid groups (broad SMARTS) is 1. The number of halogens is 2. The third-order valence-electron chi connectivity index (χ3n) is 4.13. The molecule has 146 valence electrons. The zero-order chi connectivity index (χ0) is 20.6. The first-order valence-corrected chi connectivity index (χ1v) is 8.97. The van der Waals surface area contributed by atoms with Crippen LogP contribution in [0.3, 0.4) is 0 Å². The van der Waals surface area contributed by atoms with Crippen LogP contribution in [0.2, 0.25) is 10.0 Å². The van der Waals surface area contributed by atoms with Crippen LogP contribution in [0.25, 0.3) is 0 Å². The Balaban J connectivity index is 1.87. The number of carbonyl (C=O) groups is 3. The number of nitrogens with zero attached hydrogens (tertiary/aromatic N) is 1. The van der Waals surface area contributed by atoms with E-state index in [1.165, 1.54) is 29.2 Å². The zero-order valence-electron chi connectivity index (χ0n) is 15.0. The van der Waals surface area contributed by atoms with Gasteiger partial charge in [0.15, 0.2) is 5.60 Å². The van der Waals surface area contributed by atoms with Gasteiger partial charge in [0.25, 0.3) is 5.91 Å². The number of carboxylic acids is 1. The summed E-state index contributed by atoms with van der Waals surface area (Å²) in [5, 5.41) is 12.5. The fourth-order valence-electron chi connectivity index (χ4n) is 2.78. The van der Waals surface area contributed by atoms with Gasteiger partial charge in [-0.1, -0.05) is 23.2 Å². The Kier molecular flexibility index (Phi) is 5.23. The van der Waals surface area contributed by atoms with Crippen molar-refractivity contribution in [3.63, 3.8) is 0 Å². The number of hydrogen-bond donors (Lipinski definition) is 2. The molecule has 1 aliphatic heterocycles. The second-order valence-electron chi connectivity index (χ2n) is 6.67. The van der Waals surface area contributed by atoms with E-state index in [0.717, 1.165) is 0 Å². The fraction of sp³-hybridized carbons (Fsp3) is 0.211. The largest absolute Gasteiger partial charge is 0.478 e. The van der Waals surface area contributed by atoms with Gasteiger partial charge >= 0.3 is 5.97 Å². The van der Waals surface area contributed by atoms with Crippen molar-refractivity contribution in [3.05, 3.63) is 52.0 Å². The van der Waals surface area contributed by atoms with Crippen molar-refractivity contribution in [2.24, 2.45) is 0 Å². The Bertz CT molecular complexity index is 990. The number of aromatic carboxylic acids is 1. The summed E-state index contributed by atoms with van der Waals surface area (Å²) in [4.78, 5) is 37.8. The molecule has 1 heterocycles. The molecule has 0 atom stereocenters. The van der Waals surface area contributed by atoms with E-state index in [1.807, 2.05) is 0 Å². The number of nitrogens with one attached hydrogen (secondary N) is 1. The molecule has 1 aliphatic rings. The lowest BCUT2D eigenvalue weighted by molar-refractivity contribution is -0.133. The van der Waals surface area contributed by atoms with E-state index in [-0.39, 0.29) is 22.9 Å². The maximum atomic E-state index is 12.8. The maximum Gasteiger partial charge on any atom is 0.335 e. The van der Waals surface area contributed by atoms with Gasteiger partial charge in [0.2, 0.25) is 5.91 Å². The van der Waals surface area contributed by atoms with E-state index in [0.29, 0.717) is 16.4 Å². The average molecular weight is 423 g/mol. The highest BCUT2D eigenvalue weighted by Gasteiger charge is 2.41. The van der Waals surface area contributed by atoms with Crippen LogP contribution in [0, 0.1) is 0 Å². The molecule has 0 saturated heterocycles. The van der Waals surface area contributed by atoms with Crippen molar-refractivity contribution in [1.82, 2.24) is 0 Å². The molecule has 0 aliphatic carbocycles. The Morgan fingerprint density at radius 1 is 1.14 bits per heavy atom. The summed E-state index contributed by atoms with van der Waals surface area (Å²) in [7, 11) is 0. The summed E-state index contributed by atoms with van der Waals surface area (Å²) in [5.74, 6) is -1.79. The second kappa shape index (κ2) is 7.33. The summed E-state index contributed by atoms with van der Waals surface area (Å²) in [5.41, 5.74) is -0.489. The first kappa shape index (κ1) is 20.0. The molecule has 28 heavy (non-hydrogen) atoms. The molecule has 0 bridgehead atoms. The van der Waals surface area contributed by atoms with Gasteiger partial charge in [-0.25, -0.2) is 4.79 Å². The van der Waals surface area contributed by atoms with Crippen LogP contribution in [0.15, 0.2) is 36.4 Å². The van der Waals surface area contributed by atoms with Gasteiger partial charge in [-0.2, -0.15) is 0 Å². The number of rotatable bonds is 4. The van der Waals surface area contributed by atoms with E-state index < -0.39 is 23.4 Å². The van der Waals surface area contributed by atoms with E-state index in [9.17, 15) is 14.4 Å². The summed E-state index contributed by atoms with van der Waals surface area (Å²) in [6.07, 6.45) is 0. The minimum atomic E-state index is -1.26. The van der Waals surface area contributed by atoms with Crippen molar-refractivity contribution in [2.75, 3.05) is 16.8 Å². The molecule has 3 rings (SSSR count). The number of carbonyl (C=O) groups excluding carboxylic acids is 2. The van der Waals surface area contributed by atoms with E-state index in [4.69, 9.17) is 33.0 Å². The Morgan fingerprint density at radius 3 is 2.50 bits per heavy atom. The van der Waals surface area contributed by atoms with E-state index in [2.05, 4.69) is 5.32 Å². The van der Waals surface area contributed by atoms with Crippen molar-refractivity contribution in [1.29, 1.82) is 0 Å². The Labute approximate surface area is 170 Å². The molecular weight excluding hydrogens is 407 g/mol. The lowest BCUT2D eigenvalue weighted by Gasteiger charge is -2.38. The molecule has 0 spiro atoms. The summed E-state index contributed by atoms with van der Waals surface area (Å²) >= 11 is 11.8. The minimum Gasteiger partial charge on any atom is -0.478 e. The molecule has 2 aromatic carbocycles. The van der Waals surface area contributed by atoms with Crippen LogP contribution < -0.4 is 15.0 Å². The number of benzene rings is 2. The normalized spacial score (nSPS) is 14.9. The monoisotopic (exact) mass is 422 g/mol. The predicted octanol–water partition coefficient (Wildman–Crippen LogP) is 3.83. The zero-order valence-corrected chi connectivity index (χ0v) is 16.5. The highest BCUT2D eigenvalue weighted by Crippen LogP contribution is 2.38. The van der Waals surface area contributed by atoms with Crippen LogP contribution in [0.1, 0.15) is 24.2 Å². The van der Waals surface area contributed by atoms with Crippen LogP contribution in [-0.2, 0) is 9.59 Å². The first-order chi connectivity index (χ1) is 13.1. The second-order valence-corrected chi connectivity index (χ2v) is 7.48. The van der Waals surface area contributed by atoms with Crippen molar-refractivity contribution < 1.29 is 24.2 Å². The molecule has 0 aromatic heterocycles. The fourth-order valence-corrected chi connectivity index (χ4v) is 3.08. The molecule has 9 heteroatoms. The number of amides is 2. The van der Waals surface area contributed by atoms with Crippen molar-refractivity contribution in [3.8, 4) is 5.75 Å². The van der Waals surface area contributed by atoms with Crippen LogP contribution >= 0.6 is 23.2 Å². The summed E-state index contributed by atoms with van der Waals surface area (Å²) < 4.78 is 5.66. The van der Waals surface area contributed by atoms with Gasteiger partial charge in [0.05, 0.1) is 21.3 Å². The quantitative estimate of drug-likeness (QED) is 0.779. The third-order valence-corrected chi connectivity index (χ3v) is 4.87. The molecule has 0 radical (unpaired) electrons. The lowest BCUT2D eigenvalue weighted by atomic mass is 10.0. The molecular formula is C19H16Cl2N2O5. The van der Waals surface area contributed by atoms with Gasteiger partial charge in [0, 0.05) is 5.69 Å². The van der Waals surface area contributed by atoms with Gasteiger partial charge in [0.1, 0.15) is 12.3 Å². The molecule has 2 amide bonds. The van der Waals surface area contributed by atoms with Crippen LogP contribution in [0.5, 0.6) is 5.75 Å². The molecule has 2 N–H and O–H groups in total. The number of fused-ring (bicyclic) bond motifs is 1. The Morgan fingerprint density at radius 2 is 1.86 bits per heavy atom. The van der Waals surface area contributed by atoms with Gasteiger partial charge in [-0.15, -0.1) is 0 Å². The predicted molar refractivity (Wildman–Crippen MR) is 106 cm³/mol. The molecule has 7 nitrogen and oxygen atoms in total. The smallest absolute Gasteiger partial charge is 0.335 e. The van der Waals surface area contributed by atoms with E-state index in [1.54, 1.807) is 26.0 Å². The van der Waals surface area contributed by atoms with Crippen LogP contribution in [0.4, 0.5) is 11.4 Å². The molecule has 0 saturated carbocycles. The average Bonchev–Trinajstić information content (AvgIpc) is 2.61. The third kappa shape index (κ3) is 3.90. The summed E-state index contributed by atoms with van der Waals surface area (Å²) in [6, 6.07) is 8.75. The number of ether oxygens (including phenoxy) is 1. The highest BCUT2D eigenvalue weighted by atomic mass is 35.5. The molecule has 0 fully saturated rings. The van der Waals surface area contributed by atoms with Gasteiger partial charge in [-0.05, 0) is 50.2 Å². The standard InChI is InChI=1S/C19H16Cl2N2O5/c1-19(2)18(27)23(14-6-3-10(17(25)26)7-15(14)28-19)9-16(24)22-11-4-5-12(20)13(21)8-11/h3-8H,9H2,1-2H3,(H,22,24)(H,25,26). The number of hydrogen-bond acceptors (Lipinski definition) is 4. The Hall–Kier alpha value is -2.77. The molecule has 0 unspecified atom stereocenters. The topological polar surface area (TPSA) is 95.9 Å². The van der Waals surface area contributed by atoms with Crippen molar-refractivity contribution in [2.45, 2.75) is 19.4 Å². The van der Waals surface area contributed by atoms with E-state index >= 15 is 0 Å². The summed E-state index contributed by atoms with van der Waals surface area (Å²) in [6.45, 7) is 2.82.